The van der Waals surface area contributed by atoms with E-state index in [9.17, 15) is 4.79 Å². The van der Waals surface area contributed by atoms with E-state index in [1.165, 1.54) is 24.2 Å². The zero-order valence-electron chi connectivity index (χ0n) is 13.6. The summed E-state index contributed by atoms with van der Waals surface area (Å²) in [4.78, 5) is 13.1. The molecule has 0 saturated heterocycles. The van der Waals surface area contributed by atoms with E-state index in [2.05, 4.69) is 11.4 Å². The van der Waals surface area contributed by atoms with Gasteiger partial charge >= 0.3 is 0 Å². The molecular weight excluding hydrogens is 342 g/mol. The van der Waals surface area contributed by atoms with E-state index in [4.69, 9.17) is 16.3 Å². The molecule has 1 heterocycles. The molecule has 1 aliphatic rings. The van der Waals surface area contributed by atoms with Crippen molar-refractivity contribution >= 4 is 28.8 Å². The van der Waals surface area contributed by atoms with Crippen LogP contribution >= 0.6 is 22.9 Å². The van der Waals surface area contributed by atoms with Crippen molar-refractivity contribution in [3.63, 3.8) is 0 Å². The van der Waals surface area contributed by atoms with E-state index < -0.39 is 0 Å². The van der Waals surface area contributed by atoms with Crippen LogP contribution in [0.15, 0.2) is 36.4 Å². The minimum atomic E-state index is 0.0571. The van der Waals surface area contributed by atoms with E-state index in [1.807, 2.05) is 30.3 Å². The molecule has 128 valence electrons. The normalized spacial score (nSPS) is 14.7. The number of carbonyl (C=O) groups is 1. The van der Waals surface area contributed by atoms with Gasteiger partial charge in [0.05, 0.1) is 17.0 Å². The highest BCUT2D eigenvalue weighted by molar-refractivity contribution is 7.16. The molecule has 0 spiro atoms. The number of hydrogen-bond acceptors (Lipinski definition) is 3. The number of carbonyl (C=O) groups excluding carboxylic acids is 1. The van der Waals surface area contributed by atoms with Gasteiger partial charge in [-0.2, -0.15) is 0 Å². The summed E-state index contributed by atoms with van der Waals surface area (Å²) >= 11 is 7.38. The molecule has 0 aliphatic heterocycles. The average molecular weight is 364 g/mol. The van der Waals surface area contributed by atoms with Crippen molar-refractivity contribution in [3.05, 3.63) is 51.2 Å². The van der Waals surface area contributed by atoms with Gasteiger partial charge in [-0.25, -0.2) is 0 Å². The van der Waals surface area contributed by atoms with Crippen molar-refractivity contribution in [2.75, 3.05) is 0 Å². The molecule has 3 nitrogen and oxygen atoms in total. The Kier molecular flexibility index (Phi) is 6.16. The first kappa shape index (κ1) is 17.3. The van der Waals surface area contributed by atoms with Crippen LogP contribution in [-0.4, -0.2) is 12.0 Å². The van der Waals surface area contributed by atoms with E-state index in [1.54, 1.807) is 0 Å². The first-order valence-electron chi connectivity index (χ1n) is 8.45. The number of amides is 1. The minimum absolute atomic E-state index is 0.0571. The molecule has 1 amide bonds. The number of ether oxygens (including phenoxy) is 1. The van der Waals surface area contributed by atoms with Crippen LogP contribution in [0.4, 0.5) is 0 Å². The highest BCUT2D eigenvalue weighted by atomic mass is 35.5. The Hall–Kier alpha value is -1.52. The van der Waals surface area contributed by atoms with Gasteiger partial charge in [-0.15, -0.1) is 11.3 Å². The average Bonchev–Trinajstić information content (AvgIpc) is 3.23. The first-order chi connectivity index (χ1) is 11.7. The Morgan fingerprint density at radius 3 is 2.83 bits per heavy atom. The van der Waals surface area contributed by atoms with Crippen molar-refractivity contribution in [1.82, 2.24) is 5.32 Å². The van der Waals surface area contributed by atoms with Gasteiger partial charge in [-0.1, -0.05) is 23.7 Å². The van der Waals surface area contributed by atoms with Crippen molar-refractivity contribution in [2.24, 2.45) is 0 Å². The van der Waals surface area contributed by atoms with Gasteiger partial charge in [0, 0.05) is 11.3 Å². The molecule has 0 atom stereocenters. The smallest absolute Gasteiger partial charge is 0.220 e. The Bertz CT molecular complexity index is 680. The third-order valence-corrected chi connectivity index (χ3v) is 5.46. The zero-order chi connectivity index (χ0) is 16.8. The van der Waals surface area contributed by atoms with Crippen LogP contribution < -0.4 is 10.1 Å². The lowest BCUT2D eigenvalue weighted by Gasteiger charge is -2.13. The number of thiophene rings is 1. The summed E-state index contributed by atoms with van der Waals surface area (Å²) in [6.07, 6.45) is 6.39. The second-order valence-corrected chi connectivity index (χ2v) is 7.95. The van der Waals surface area contributed by atoms with Crippen molar-refractivity contribution < 1.29 is 9.53 Å². The molecule has 1 aliphatic carbocycles. The number of halogens is 1. The predicted molar refractivity (Wildman–Crippen MR) is 98.8 cm³/mol. The lowest BCUT2D eigenvalue weighted by atomic mass is 10.1. The molecular formula is C19H22ClNO2S. The van der Waals surface area contributed by atoms with Crippen molar-refractivity contribution in [1.29, 1.82) is 0 Å². The predicted octanol–water partition coefficient (Wildman–Crippen LogP) is 4.97. The lowest BCUT2D eigenvalue weighted by Crippen LogP contribution is -2.22. The molecule has 0 radical (unpaired) electrons. The summed E-state index contributed by atoms with van der Waals surface area (Å²) < 4.78 is 6.77. The van der Waals surface area contributed by atoms with Gasteiger partial charge in [0.25, 0.3) is 0 Å². The fourth-order valence-corrected chi connectivity index (χ4v) is 3.98. The highest BCUT2D eigenvalue weighted by Crippen LogP contribution is 2.25. The molecule has 2 aromatic rings. The van der Waals surface area contributed by atoms with Crippen LogP contribution in [0.25, 0.3) is 0 Å². The van der Waals surface area contributed by atoms with Crippen molar-refractivity contribution in [2.45, 2.75) is 51.2 Å². The first-order valence-corrected chi connectivity index (χ1v) is 9.65. The quantitative estimate of drug-likeness (QED) is 0.754. The summed E-state index contributed by atoms with van der Waals surface area (Å²) in [7, 11) is 0. The van der Waals surface area contributed by atoms with E-state index in [-0.39, 0.29) is 5.91 Å². The minimum Gasteiger partial charge on any atom is -0.490 e. The maximum atomic E-state index is 12.0. The Balaban J connectivity index is 1.44. The van der Waals surface area contributed by atoms with Gasteiger partial charge in [0.15, 0.2) is 0 Å². The molecule has 0 unspecified atom stereocenters. The van der Waals surface area contributed by atoms with Crippen LogP contribution in [0.5, 0.6) is 5.75 Å². The fraction of sp³-hybridized carbons (Fsp3) is 0.421. The molecule has 1 saturated carbocycles. The van der Waals surface area contributed by atoms with E-state index >= 15 is 0 Å². The van der Waals surface area contributed by atoms with Crippen LogP contribution in [0.3, 0.4) is 0 Å². The summed E-state index contributed by atoms with van der Waals surface area (Å²) in [5.74, 6) is 0.981. The van der Waals surface area contributed by atoms with E-state index in [0.29, 0.717) is 19.1 Å². The SMILES string of the molecule is O=C(CCc1cccc(OC2CCCC2)c1)NCc1ccc(Cl)s1. The molecule has 24 heavy (non-hydrogen) atoms. The monoisotopic (exact) mass is 363 g/mol. The number of rotatable bonds is 7. The van der Waals surface area contributed by atoms with Crippen LogP contribution in [-0.2, 0) is 17.8 Å². The summed E-state index contributed by atoms with van der Waals surface area (Å²) in [5.41, 5.74) is 1.14. The third-order valence-electron chi connectivity index (χ3n) is 4.23. The fourth-order valence-electron chi connectivity index (χ4n) is 2.95. The molecule has 5 heteroatoms. The van der Waals surface area contributed by atoms with Gasteiger partial charge in [-0.3, -0.25) is 4.79 Å². The topological polar surface area (TPSA) is 38.3 Å². The number of aryl methyl sites for hydroxylation is 1. The Labute approximate surface area is 152 Å². The van der Waals surface area contributed by atoms with Crippen LogP contribution in [0, 0.1) is 0 Å². The number of hydrogen-bond donors (Lipinski definition) is 1. The Morgan fingerprint density at radius 1 is 1.25 bits per heavy atom. The lowest BCUT2D eigenvalue weighted by molar-refractivity contribution is -0.121. The molecule has 3 rings (SSSR count). The molecule has 0 bridgehead atoms. The maximum absolute atomic E-state index is 12.0. The van der Waals surface area contributed by atoms with Crippen LogP contribution in [0.1, 0.15) is 42.5 Å². The zero-order valence-corrected chi connectivity index (χ0v) is 15.2. The Morgan fingerprint density at radius 2 is 2.08 bits per heavy atom. The third kappa shape index (κ3) is 5.25. The van der Waals surface area contributed by atoms with Gasteiger partial charge < -0.3 is 10.1 Å². The second-order valence-electron chi connectivity index (χ2n) is 6.15. The van der Waals surface area contributed by atoms with E-state index in [0.717, 1.165) is 39.8 Å². The highest BCUT2D eigenvalue weighted by Gasteiger charge is 2.16. The molecule has 1 aromatic carbocycles. The largest absolute Gasteiger partial charge is 0.490 e. The van der Waals surface area contributed by atoms with Crippen LogP contribution in [0.2, 0.25) is 4.34 Å². The standard InChI is InChI=1S/C19H22ClNO2S/c20-18-10-9-17(24-18)13-21-19(22)11-8-14-4-3-7-16(12-14)23-15-5-1-2-6-15/h3-4,7,9-10,12,15H,1-2,5-6,8,11,13H2,(H,21,22). The van der Waals surface area contributed by atoms with Crippen molar-refractivity contribution in [3.8, 4) is 5.75 Å². The molecule has 1 aromatic heterocycles. The summed E-state index contributed by atoms with van der Waals surface area (Å²) in [5, 5.41) is 2.94. The molecule has 1 fully saturated rings. The number of nitrogens with one attached hydrogen (secondary N) is 1. The van der Waals surface area contributed by atoms with Gasteiger partial charge in [0.1, 0.15) is 5.75 Å². The van der Waals surface area contributed by atoms with Gasteiger partial charge in [-0.05, 0) is 61.9 Å². The maximum Gasteiger partial charge on any atom is 0.220 e. The molecule has 1 N–H and O–H groups in total. The number of benzene rings is 1. The summed E-state index contributed by atoms with van der Waals surface area (Å²) in [6, 6.07) is 11.9. The second kappa shape index (κ2) is 8.54. The summed E-state index contributed by atoms with van der Waals surface area (Å²) in [6.45, 7) is 0.543. The van der Waals surface area contributed by atoms with Gasteiger partial charge in [0.2, 0.25) is 5.91 Å².